The van der Waals surface area contributed by atoms with Crippen molar-refractivity contribution in [3.8, 4) is 0 Å². The van der Waals surface area contributed by atoms with Crippen LogP contribution in [0.15, 0.2) is 0 Å². The van der Waals surface area contributed by atoms with Gasteiger partial charge in [-0.3, -0.25) is 0 Å². The summed E-state index contributed by atoms with van der Waals surface area (Å²) in [7, 11) is 0. The third-order valence-electron chi connectivity index (χ3n) is 4.09. The van der Waals surface area contributed by atoms with Gasteiger partial charge in [0.2, 0.25) is 0 Å². The molecule has 1 heterocycles. The third kappa shape index (κ3) is 4.84. The molecule has 0 amide bonds. The van der Waals surface area contributed by atoms with Crippen LogP contribution in [0.1, 0.15) is 40.0 Å². The largest absolute Gasteiger partial charge is 0.396 e. The van der Waals surface area contributed by atoms with Crippen LogP contribution in [0.4, 0.5) is 0 Å². The summed E-state index contributed by atoms with van der Waals surface area (Å²) in [4.78, 5) is 2.28. The number of nitrogens with zero attached hydrogens (tertiary/aromatic N) is 1. The van der Waals surface area contributed by atoms with Crippen LogP contribution in [0, 0.1) is 5.41 Å². The van der Waals surface area contributed by atoms with Crippen LogP contribution in [0.5, 0.6) is 0 Å². The lowest BCUT2D eigenvalue weighted by atomic mass is 9.77. The highest BCUT2D eigenvalue weighted by Crippen LogP contribution is 2.34. The molecule has 1 unspecified atom stereocenters. The Morgan fingerprint density at radius 2 is 1.89 bits per heavy atom. The van der Waals surface area contributed by atoms with Gasteiger partial charge in [0.15, 0.2) is 0 Å². The van der Waals surface area contributed by atoms with E-state index in [9.17, 15) is 10.2 Å². The second-order valence-electron chi connectivity index (χ2n) is 5.85. The summed E-state index contributed by atoms with van der Waals surface area (Å²) in [6.07, 6.45) is 2.85. The van der Waals surface area contributed by atoms with E-state index in [2.05, 4.69) is 11.8 Å². The van der Waals surface area contributed by atoms with E-state index in [1.165, 1.54) is 0 Å². The zero-order valence-corrected chi connectivity index (χ0v) is 12.1. The second-order valence-corrected chi connectivity index (χ2v) is 5.85. The van der Waals surface area contributed by atoms with Crippen molar-refractivity contribution in [2.24, 2.45) is 5.41 Å². The van der Waals surface area contributed by atoms with Crippen LogP contribution in [0.25, 0.3) is 0 Å². The highest BCUT2D eigenvalue weighted by Gasteiger charge is 2.32. The molecule has 0 saturated carbocycles. The molecule has 18 heavy (non-hydrogen) atoms. The van der Waals surface area contributed by atoms with Crippen molar-refractivity contribution in [2.75, 3.05) is 32.8 Å². The Balaban J connectivity index is 2.26. The lowest BCUT2D eigenvalue weighted by Gasteiger charge is -2.40. The number of piperidine rings is 1. The number of aliphatic hydroxyl groups is 2. The molecule has 0 aromatic rings. The molecule has 4 heteroatoms. The maximum atomic E-state index is 9.88. The van der Waals surface area contributed by atoms with Gasteiger partial charge < -0.3 is 19.8 Å². The van der Waals surface area contributed by atoms with E-state index in [1.807, 2.05) is 13.8 Å². The van der Waals surface area contributed by atoms with Gasteiger partial charge in [-0.15, -0.1) is 0 Å². The molecule has 4 nitrogen and oxygen atoms in total. The Bertz CT molecular complexity index is 219. The third-order valence-corrected chi connectivity index (χ3v) is 4.09. The minimum Gasteiger partial charge on any atom is -0.396 e. The molecule has 1 fully saturated rings. The average Bonchev–Trinajstić information content (AvgIpc) is 2.38. The fraction of sp³-hybridized carbons (Fsp3) is 1.00. The van der Waals surface area contributed by atoms with Gasteiger partial charge >= 0.3 is 0 Å². The molecule has 0 aliphatic carbocycles. The van der Waals surface area contributed by atoms with Gasteiger partial charge in [-0.2, -0.15) is 0 Å². The first-order valence-electron chi connectivity index (χ1n) is 7.14. The number of hydrogen-bond acceptors (Lipinski definition) is 4. The van der Waals surface area contributed by atoms with Crippen molar-refractivity contribution in [3.05, 3.63) is 0 Å². The monoisotopic (exact) mass is 259 g/mol. The molecule has 1 aliphatic heterocycles. The maximum Gasteiger partial charge on any atom is 0.0900 e. The first kappa shape index (κ1) is 15.9. The lowest BCUT2D eigenvalue weighted by Crippen LogP contribution is -2.45. The maximum absolute atomic E-state index is 9.88. The van der Waals surface area contributed by atoms with E-state index >= 15 is 0 Å². The van der Waals surface area contributed by atoms with Crippen LogP contribution >= 0.6 is 0 Å². The topological polar surface area (TPSA) is 52.9 Å². The van der Waals surface area contributed by atoms with Gasteiger partial charge in [0, 0.05) is 13.2 Å². The molecule has 0 radical (unpaired) electrons. The summed E-state index contributed by atoms with van der Waals surface area (Å²) in [6.45, 7) is 9.41. The van der Waals surface area contributed by atoms with Gasteiger partial charge in [-0.25, -0.2) is 0 Å². The number of ether oxygens (including phenoxy) is 1. The van der Waals surface area contributed by atoms with Crippen LogP contribution in [0.3, 0.4) is 0 Å². The Morgan fingerprint density at radius 1 is 1.28 bits per heavy atom. The van der Waals surface area contributed by atoms with Crippen molar-refractivity contribution in [2.45, 2.75) is 52.2 Å². The smallest absolute Gasteiger partial charge is 0.0900 e. The molecule has 2 N–H and O–H groups in total. The Morgan fingerprint density at radius 3 is 2.33 bits per heavy atom. The molecule has 1 aliphatic rings. The molecular formula is C14H29NO3. The zero-order chi connectivity index (χ0) is 13.6. The minimum absolute atomic E-state index is 0.121. The molecule has 1 atom stereocenters. The lowest BCUT2D eigenvalue weighted by molar-refractivity contribution is -0.0232. The Labute approximate surface area is 111 Å². The van der Waals surface area contributed by atoms with E-state index in [0.717, 1.165) is 32.4 Å². The summed E-state index contributed by atoms with van der Waals surface area (Å²) >= 11 is 0. The Kier molecular flexibility index (Phi) is 6.57. The standard InChI is InChI=1S/C14H29NO3/c1-4-14(11-16)5-7-15(8-6-14)9-13(17)10-18-12(2)3/h12-13,16-17H,4-11H2,1-3H3. The van der Waals surface area contributed by atoms with E-state index < -0.39 is 6.10 Å². The number of hydrogen-bond donors (Lipinski definition) is 2. The van der Waals surface area contributed by atoms with Crippen LogP contribution in [0.2, 0.25) is 0 Å². The number of likely N-dealkylation sites (tertiary alicyclic amines) is 1. The molecular weight excluding hydrogens is 230 g/mol. The quantitative estimate of drug-likeness (QED) is 0.722. The van der Waals surface area contributed by atoms with E-state index in [4.69, 9.17) is 4.74 Å². The summed E-state index contributed by atoms with van der Waals surface area (Å²) < 4.78 is 5.41. The van der Waals surface area contributed by atoms with Gasteiger partial charge in [0.05, 0.1) is 18.8 Å². The van der Waals surface area contributed by atoms with Crippen molar-refractivity contribution in [1.82, 2.24) is 4.90 Å². The molecule has 1 saturated heterocycles. The summed E-state index contributed by atoms with van der Waals surface area (Å²) in [5.74, 6) is 0. The fourth-order valence-electron chi connectivity index (χ4n) is 2.49. The van der Waals surface area contributed by atoms with E-state index in [0.29, 0.717) is 13.2 Å². The first-order valence-corrected chi connectivity index (χ1v) is 7.14. The second kappa shape index (κ2) is 7.43. The van der Waals surface area contributed by atoms with Crippen molar-refractivity contribution < 1.29 is 14.9 Å². The summed E-state index contributed by atoms with van der Waals surface area (Å²) in [5, 5.41) is 19.3. The summed E-state index contributed by atoms with van der Waals surface area (Å²) in [5.41, 5.74) is 0.121. The molecule has 0 spiro atoms. The first-order chi connectivity index (χ1) is 8.51. The van der Waals surface area contributed by atoms with E-state index in [-0.39, 0.29) is 18.1 Å². The minimum atomic E-state index is -0.407. The normalized spacial score (nSPS) is 22.3. The zero-order valence-electron chi connectivity index (χ0n) is 12.1. The van der Waals surface area contributed by atoms with Gasteiger partial charge in [0.1, 0.15) is 0 Å². The van der Waals surface area contributed by atoms with Crippen molar-refractivity contribution >= 4 is 0 Å². The van der Waals surface area contributed by atoms with Gasteiger partial charge in [-0.05, 0) is 51.6 Å². The SMILES string of the molecule is CCC1(CO)CCN(CC(O)COC(C)C)CC1. The highest BCUT2D eigenvalue weighted by atomic mass is 16.5. The van der Waals surface area contributed by atoms with Crippen LogP contribution in [-0.4, -0.2) is 60.2 Å². The molecule has 0 aromatic carbocycles. The highest BCUT2D eigenvalue weighted by molar-refractivity contribution is 4.85. The number of β-amino-alcohol motifs (C(OH)–C–C–N with tert-alkyl or cyclic N) is 1. The summed E-state index contributed by atoms with van der Waals surface area (Å²) in [6, 6.07) is 0. The van der Waals surface area contributed by atoms with E-state index in [1.54, 1.807) is 0 Å². The fourth-order valence-corrected chi connectivity index (χ4v) is 2.49. The van der Waals surface area contributed by atoms with Crippen molar-refractivity contribution in [3.63, 3.8) is 0 Å². The molecule has 0 bridgehead atoms. The number of aliphatic hydroxyl groups excluding tert-OH is 2. The van der Waals surface area contributed by atoms with Crippen LogP contribution in [-0.2, 0) is 4.74 Å². The van der Waals surface area contributed by atoms with Crippen molar-refractivity contribution in [1.29, 1.82) is 0 Å². The predicted octanol–water partition coefficient (Wildman–Crippen LogP) is 1.26. The molecule has 0 aromatic heterocycles. The molecule has 108 valence electrons. The average molecular weight is 259 g/mol. The Hall–Kier alpha value is -0.160. The molecule has 1 rings (SSSR count). The predicted molar refractivity (Wildman–Crippen MR) is 72.6 cm³/mol. The van der Waals surface area contributed by atoms with Gasteiger partial charge in [-0.1, -0.05) is 6.92 Å². The van der Waals surface area contributed by atoms with Crippen LogP contribution < -0.4 is 0 Å². The van der Waals surface area contributed by atoms with Gasteiger partial charge in [0.25, 0.3) is 0 Å². The number of rotatable bonds is 7.